The fourth-order valence-electron chi connectivity index (χ4n) is 4.16. The Kier molecular flexibility index (Phi) is 13.8. The number of allylic oxidation sites excluding steroid dienone is 1. The number of halogens is 1. The molecule has 1 aromatic carbocycles. The van der Waals surface area contributed by atoms with E-state index in [2.05, 4.69) is 11.9 Å². The molecule has 0 radical (unpaired) electrons. The molecule has 210 valence electrons. The van der Waals surface area contributed by atoms with Crippen LogP contribution >= 0.6 is 22.6 Å². The molecule has 11 heteroatoms. The first-order valence-electron chi connectivity index (χ1n) is 12.6. The third kappa shape index (κ3) is 8.79. The van der Waals surface area contributed by atoms with Crippen LogP contribution in [-0.2, 0) is 14.3 Å². The van der Waals surface area contributed by atoms with Crippen molar-refractivity contribution < 1.29 is 38.8 Å². The monoisotopic (exact) mass is 644 g/mol. The van der Waals surface area contributed by atoms with Gasteiger partial charge in [0.2, 0.25) is 11.8 Å². The maximum Gasteiger partial charge on any atom is 0.247 e. The van der Waals surface area contributed by atoms with Gasteiger partial charge in [-0.15, -0.1) is 6.58 Å². The van der Waals surface area contributed by atoms with Crippen molar-refractivity contribution in [2.45, 2.75) is 50.9 Å². The molecule has 3 unspecified atom stereocenters. The van der Waals surface area contributed by atoms with Crippen LogP contribution in [-0.4, -0.2) is 91.5 Å². The number of ether oxygens (including phenoxy) is 3. The summed E-state index contributed by atoms with van der Waals surface area (Å²) in [7, 11) is 1.44. The zero-order valence-corrected chi connectivity index (χ0v) is 24.0. The van der Waals surface area contributed by atoms with Gasteiger partial charge in [0.25, 0.3) is 0 Å². The second-order valence-electron chi connectivity index (χ2n) is 8.63. The third-order valence-corrected chi connectivity index (χ3v) is 6.83. The molecule has 2 rings (SSSR count). The number of nitrogens with zero attached hydrogens (tertiary/aromatic N) is 1. The number of amides is 2. The Morgan fingerprint density at radius 1 is 1.34 bits per heavy atom. The van der Waals surface area contributed by atoms with E-state index in [1.807, 2.05) is 29.5 Å². The normalized spacial score (nSPS) is 18.8. The van der Waals surface area contributed by atoms with Crippen LogP contribution < -0.4 is 14.8 Å². The lowest BCUT2D eigenvalue weighted by Crippen LogP contribution is -2.55. The molecule has 1 aromatic rings. The summed E-state index contributed by atoms with van der Waals surface area (Å²) >= 11 is 2.01. The maximum atomic E-state index is 13.2. The van der Waals surface area contributed by atoms with Crippen LogP contribution in [0.25, 0.3) is 0 Å². The minimum Gasteiger partial charge on any atom is -0.493 e. The lowest BCUT2D eigenvalue weighted by molar-refractivity contribution is -0.138. The first-order chi connectivity index (χ1) is 18.3. The number of aliphatic hydroxyl groups is 2. The van der Waals surface area contributed by atoms with E-state index in [0.717, 1.165) is 0 Å². The summed E-state index contributed by atoms with van der Waals surface area (Å²) in [5.74, 6) is -0.00156. The van der Waals surface area contributed by atoms with E-state index >= 15 is 0 Å². The Morgan fingerprint density at radius 3 is 2.74 bits per heavy atom. The van der Waals surface area contributed by atoms with E-state index in [1.165, 1.54) is 19.3 Å². The molecule has 2 amide bonds. The molecule has 1 aliphatic rings. The Morgan fingerprint density at radius 2 is 2.11 bits per heavy atom. The number of aliphatic hydroxyl groups excluding tert-OH is 2. The van der Waals surface area contributed by atoms with Crippen LogP contribution in [0.2, 0.25) is 0 Å². The summed E-state index contributed by atoms with van der Waals surface area (Å²) < 4.78 is 17.6. The number of hydrogen-bond acceptors (Lipinski definition) is 8. The van der Waals surface area contributed by atoms with Crippen LogP contribution in [0, 0.1) is 3.57 Å². The number of carbonyl (C=O) groups excluding carboxylic acids is 3. The van der Waals surface area contributed by atoms with Crippen molar-refractivity contribution >= 4 is 40.7 Å². The van der Waals surface area contributed by atoms with Crippen LogP contribution in [0.1, 0.15) is 43.0 Å². The maximum absolute atomic E-state index is 13.2. The molecule has 1 aliphatic carbocycles. The average molecular weight is 645 g/mol. The van der Waals surface area contributed by atoms with Gasteiger partial charge < -0.3 is 34.6 Å². The van der Waals surface area contributed by atoms with Crippen molar-refractivity contribution in [3.8, 4) is 11.5 Å². The van der Waals surface area contributed by atoms with Gasteiger partial charge in [-0.25, -0.2) is 0 Å². The molecule has 0 bridgehead atoms. The van der Waals surface area contributed by atoms with E-state index in [4.69, 9.17) is 19.3 Å². The minimum absolute atomic E-state index is 0.0597. The third-order valence-electron chi connectivity index (χ3n) is 6.03. The molecular weight excluding hydrogens is 607 g/mol. The van der Waals surface area contributed by atoms with E-state index in [0.29, 0.717) is 65.1 Å². The number of rotatable bonds is 16. The molecule has 0 aliphatic heterocycles. The quantitative estimate of drug-likeness (QED) is 0.108. The summed E-state index contributed by atoms with van der Waals surface area (Å²) in [6.07, 6.45) is 3.04. The van der Waals surface area contributed by atoms with Gasteiger partial charge in [0, 0.05) is 50.3 Å². The Hall–Kier alpha value is -2.48. The van der Waals surface area contributed by atoms with Crippen LogP contribution in [0.5, 0.6) is 11.5 Å². The van der Waals surface area contributed by atoms with Crippen molar-refractivity contribution in [3.05, 3.63) is 45.6 Å². The zero-order chi connectivity index (χ0) is 28.1. The fraction of sp³-hybridized carbons (Fsp3) is 0.519. The van der Waals surface area contributed by atoms with Gasteiger partial charge in [-0.3, -0.25) is 14.4 Å². The average Bonchev–Trinajstić information content (AvgIpc) is 2.92. The molecule has 0 saturated carbocycles. The summed E-state index contributed by atoms with van der Waals surface area (Å²) in [5, 5.41) is 23.3. The van der Waals surface area contributed by atoms with Gasteiger partial charge in [0.15, 0.2) is 11.5 Å². The lowest BCUT2D eigenvalue weighted by atomic mass is 9.87. The number of nitrogens with one attached hydrogen (secondary N) is 1. The van der Waals surface area contributed by atoms with E-state index in [-0.39, 0.29) is 31.9 Å². The standard InChI is InChI=1S/C27H37IN2O8/c1-4-6-8-24(33)30(10-7-12-37-5-2)21-15-19(27(35)29-9-11-31)16-22(25(21)34)38-26-20(28)13-18(17-32)14-23(26)36-3/h4,13-14,16-17,21-22,25,31,34H,1,5-12,15H2,2-3H3,(H,29,35). The number of aldehydes is 1. The SMILES string of the molecule is C=CCCC(=O)N(CCCOCC)C1CC(C(=O)NCCO)=CC(Oc2c(I)cc(C=O)cc2OC)C1O. The molecule has 0 fully saturated rings. The topological polar surface area (TPSA) is 135 Å². The lowest BCUT2D eigenvalue weighted by Gasteiger charge is -2.40. The fourth-order valence-corrected chi connectivity index (χ4v) is 4.92. The van der Waals surface area contributed by atoms with Gasteiger partial charge in [-0.1, -0.05) is 6.08 Å². The first-order valence-corrected chi connectivity index (χ1v) is 13.6. The Labute approximate surface area is 237 Å². The minimum atomic E-state index is -1.17. The van der Waals surface area contributed by atoms with Crippen molar-refractivity contribution in [1.82, 2.24) is 10.2 Å². The number of methoxy groups -OCH3 is 1. The molecule has 3 atom stereocenters. The summed E-state index contributed by atoms with van der Waals surface area (Å²) in [4.78, 5) is 39.0. The second-order valence-corrected chi connectivity index (χ2v) is 9.80. The van der Waals surface area contributed by atoms with Gasteiger partial charge in [-0.2, -0.15) is 0 Å². The van der Waals surface area contributed by atoms with E-state index in [9.17, 15) is 19.5 Å². The highest BCUT2D eigenvalue weighted by molar-refractivity contribution is 14.1. The highest BCUT2D eigenvalue weighted by atomic mass is 127. The molecule has 0 spiro atoms. The van der Waals surface area contributed by atoms with Crippen LogP contribution in [0.4, 0.5) is 0 Å². The predicted molar refractivity (Wildman–Crippen MR) is 150 cm³/mol. The Balaban J connectivity index is 2.46. The number of benzene rings is 1. The van der Waals surface area contributed by atoms with E-state index in [1.54, 1.807) is 17.0 Å². The summed E-state index contributed by atoms with van der Waals surface area (Å²) in [5.41, 5.74) is 0.720. The predicted octanol–water partition coefficient (Wildman–Crippen LogP) is 2.25. The van der Waals surface area contributed by atoms with Crippen molar-refractivity contribution in [2.75, 3.05) is 40.0 Å². The van der Waals surface area contributed by atoms with Crippen LogP contribution in [0.3, 0.4) is 0 Å². The van der Waals surface area contributed by atoms with Gasteiger partial charge in [-0.05, 0) is 60.6 Å². The number of carbonyl (C=O) groups is 3. The molecule has 10 nitrogen and oxygen atoms in total. The van der Waals surface area contributed by atoms with Gasteiger partial charge in [0.1, 0.15) is 18.5 Å². The van der Waals surface area contributed by atoms with Crippen molar-refractivity contribution in [3.63, 3.8) is 0 Å². The van der Waals surface area contributed by atoms with E-state index < -0.39 is 24.2 Å². The molecule has 38 heavy (non-hydrogen) atoms. The first kappa shape index (κ1) is 31.7. The van der Waals surface area contributed by atoms with Crippen molar-refractivity contribution in [2.24, 2.45) is 0 Å². The highest BCUT2D eigenvalue weighted by Crippen LogP contribution is 2.37. The molecule has 3 N–H and O–H groups in total. The van der Waals surface area contributed by atoms with Gasteiger partial charge in [0.05, 0.1) is 23.3 Å². The highest BCUT2D eigenvalue weighted by Gasteiger charge is 2.40. The molecular formula is C27H37IN2O8. The Bertz CT molecular complexity index is 1000. The number of hydrogen-bond donors (Lipinski definition) is 3. The molecule has 0 saturated heterocycles. The molecule has 0 aromatic heterocycles. The molecule has 0 heterocycles. The van der Waals surface area contributed by atoms with Crippen LogP contribution in [0.15, 0.2) is 36.4 Å². The van der Waals surface area contributed by atoms with Gasteiger partial charge >= 0.3 is 0 Å². The summed E-state index contributed by atoms with van der Waals surface area (Å²) in [6.45, 7) is 6.73. The zero-order valence-electron chi connectivity index (χ0n) is 21.9. The summed E-state index contributed by atoms with van der Waals surface area (Å²) in [6, 6.07) is 2.39. The largest absolute Gasteiger partial charge is 0.493 e. The second kappa shape index (κ2) is 16.5. The smallest absolute Gasteiger partial charge is 0.247 e. The van der Waals surface area contributed by atoms with Crippen molar-refractivity contribution in [1.29, 1.82) is 0 Å².